The van der Waals surface area contributed by atoms with Crippen molar-refractivity contribution in [1.29, 1.82) is 0 Å². The van der Waals surface area contributed by atoms with Crippen LogP contribution in [0.2, 0.25) is 0 Å². The molecule has 0 fully saturated rings. The van der Waals surface area contributed by atoms with E-state index < -0.39 is 0 Å². The van der Waals surface area contributed by atoms with Gasteiger partial charge in [-0.15, -0.1) is 0 Å². The molecule has 3 N–H and O–H groups in total. The highest BCUT2D eigenvalue weighted by molar-refractivity contribution is 5.91. The second kappa shape index (κ2) is 5.73. The fraction of sp³-hybridized carbons (Fsp3) is 0.111. The van der Waals surface area contributed by atoms with E-state index in [0.29, 0.717) is 0 Å². The third-order valence-corrected chi connectivity index (χ3v) is 4.12. The fourth-order valence-electron chi connectivity index (χ4n) is 3.01. The zero-order valence-electron chi connectivity index (χ0n) is 12.7. The Morgan fingerprint density at radius 2 is 1.67 bits per heavy atom. The summed E-state index contributed by atoms with van der Waals surface area (Å²) in [6, 6.07) is 15.4. The molecular weight excluding hydrogens is 306 g/mol. The van der Waals surface area contributed by atoms with Crippen LogP contribution in [0.1, 0.15) is 23.5 Å². The number of carbonyl (C=O) groups is 1. The lowest BCUT2D eigenvalue weighted by atomic mass is 9.85. The molecular formula is C18H15N3O3. The molecule has 0 bridgehead atoms. The van der Waals surface area contributed by atoms with Gasteiger partial charge in [0, 0.05) is 29.7 Å². The van der Waals surface area contributed by atoms with Gasteiger partial charge in [-0.25, -0.2) is 0 Å². The van der Waals surface area contributed by atoms with Gasteiger partial charge in [0.15, 0.2) is 0 Å². The average molecular weight is 321 g/mol. The number of hydrogen-bond acceptors (Lipinski definition) is 3. The number of para-hydroxylation sites is 2. The molecule has 2 heterocycles. The molecule has 1 amide bonds. The van der Waals surface area contributed by atoms with Gasteiger partial charge in [-0.1, -0.05) is 36.4 Å². The molecule has 0 unspecified atom stereocenters. The van der Waals surface area contributed by atoms with Crippen molar-refractivity contribution < 1.29 is 9.53 Å². The monoisotopic (exact) mass is 321 g/mol. The van der Waals surface area contributed by atoms with Crippen LogP contribution < -0.4 is 15.6 Å². The fourth-order valence-corrected chi connectivity index (χ4v) is 3.01. The summed E-state index contributed by atoms with van der Waals surface area (Å²) in [6.07, 6.45) is 1.66. The third kappa shape index (κ3) is 2.48. The van der Waals surface area contributed by atoms with E-state index in [-0.39, 0.29) is 29.5 Å². The predicted molar refractivity (Wildman–Crippen MR) is 89.5 cm³/mol. The van der Waals surface area contributed by atoms with Crippen molar-refractivity contribution in [3.63, 3.8) is 0 Å². The number of anilines is 1. The topological polar surface area (TPSA) is 87.0 Å². The summed E-state index contributed by atoms with van der Waals surface area (Å²) in [6.45, 7) is 0. The molecule has 0 saturated carbocycles. The third-order valence-electron chi connectivity index (χ3n) is 4.12. The first-order chi connectivity index (χ1) is 11.7. The second-order valence-corrected chi connectivity index (χ2v) is 5.64. The lowest BCUT2D eigenvalue weighted by Gasteiger charge is -2.27. The van der Waals surface area contributed by atoms with Crippen LogP contribution in [-0.4, -0.2) is 16.1 Å². The maximum atomic E-state index is 12.4. The van der Waals surface area contributed by atoms with E-state index in [1.54, 1.807) is 0 Å². The lowest BCUT2D eigenvalue weighted by molar-refractivity contribution is -0.116. The number of amides is 1. The zero-order valence-corrected chi connectivity index (χ0v) is 12.7. The van der Waals surface area contributed by atoms with Crippen molar-refractivity contribution in [2.45, 2.75) is 12.3 Å². The Kier molecular flexibility index (Phi) is 3.42. The Balaban J connectivity index is 1.66. The maximum absolute atomic E-state index is 12.4. The molecule has 0 atom stereocenters. The lowest BCUT2D eigenvalue weighted by Crippen LogP contribution is -2.21. The van der Waals surface area contributed by atoms with Gasteiger partial charge in [0.25, 0.3) is 5.56 Å². The highest BCUT2D eigenvalue weighted by atomic mass is 16.5. The summed E-state index contributed by atoms with van der Waals surface area (Å²) in [5, 5.41) is 7.60. The normalized spacial score (nSPS) is 12.8. The minimum absolute atomic E-state index is 0.121. The van der Waals surface area contributed by atoms with Crippen LogP contribution in [0.15, 0.2) is 59.5 Å². The molecule has 1 aliphatic heterocycles. The molecule has 3 aromatic rings. The minimum atomic E-state index is -0.351. The number of ether oxygens (including phenoxy) is 1. The summed E-state index contributed by atoms with van der Waals surface area (Å²) in [5.41, 5.74) is 1.80. The molecule has 120 valence electrons. The van der Waals surface area contributed by atoms with Gasteiger partial charge in [-0.2, -0.15) is 0 Å². The highest BCUT2D eigenvalue weighted by Crippen LogP contribution is 2.45. The summed E-state index contributed by atoms with van der Waals surface area (Å²) in [7, 11) is 0. The molecule has 0 saturated heterocycles. The number of benzene rings is 2. The van der Waals surface area contributed by atoms with Gasteiger partial charge in [-0.3, -0.25) is 14.7 Å². The summed E-state index contributed by atoms with van der Waals surface area (Å²) < 4.78 is 5.92. The van der Waals surface area contributed by atoms with Crippen LogP contribution in [0.3, 0.4) is 0 Å². The Morgan fingerprint density at radius 1 is 1.04 bits per heavy atom. The van der Waals surface area contributed by atoms with Crippen molar-refractivity contribution in [3.05, 3.63) is 76.2 Å². The van der Waals surface area contributed by atoms with Gasteiger partial charge >= 0.3 is 0 Å². The Labute approximate surface area is 137 Å². The summed E-state index contributed by atoms with van der Waals surface area (Å²) in [4.78, 5) is 24.0. The van der Waals surface area contributed by atoms with Crippen LogP contribution in [0.5, 0.6) is 11.5 Å². The molecule has 0 spiro atoms. The molecule has 1 aromatic heterocycles. The molecule has 0 aliphatic carbocycles. The van der Waals surface area contributed by atoms with Crippen molar-refractivity contribution >= 4 is 11.6 Å². The number of H-pyrrole nitrogens is 2. The molecule has 6 heteroatoms. The van der Waals surface area contributed by atoms with Crippen molar-refractivity contribution in [2.24, 2.45) is 0 Å². The Morgan fingerprint density at radius 3 is 2.25 bits per heavy atom. The SMILES string of the molecule is O=C(CC1c2ccccc2Oc2ccccc21)Nc1c[nH][nH]c1=O. The summed E-state index contributed by atoms with van der Waals surface area (Å²) >= 11 is 0. The van der Waals surface area contributed by atoms with Gasteiger partial charge in [0.2, 0.25) is 5.91 Å². The van der Waals surface area contributed by atoms with E-state index in [9.17, 15) is 9.59 Å². The predicted octanol–water partition coefficient (Wildman–Crippen LogP) is 2.97. The van der Waals surface area contributed by atoms with Crippen molar-refractivity contribution in [2.75, 3.05) is 5.32 Å². The maximum Gasteiger partial charge on any atom is 0.287 e. The average Bonchev–Trinajstić information content (AvgIpc) is 2.99. The van der Waals surface area contributed by atoms with Crippen molar-refractivity contribution in [1.82, 2.24) is 10.2 Å². The number of rotatable bonds is 3. The smallest absolute Gasteiger partial charge is 0.287 e. The van der Waals surface area contributed by atoms with Crippen LogP contribution in [0.4, 0.5) is 5.69 Å². The number of nitrogens with one attached hydrogen (secondary N) is 3. The molecule has 2 aromatic carbocycles. The summed E-state index contributed by atoms with van der Waals surface area (Å²) in [5.74, 6) is 1.17. The molecule has 6 nitrogen and oxygen atoms in total. The quantitative estimate of drug-likeness (QED) is 0.693. The van der Waals surface area contributed by atoms with E-state index >= 15 is 0 Å². The minimum Gasteiger partial charge on any atom is -0.457 e. The molecule has 1 aliphatic rings. The first-order valence-electron chi connectivity index (χ1n) is 7.64. The number of hydrogen-bond donors (Lipinski definition) is 3. The first kappa shape index (κ1) is 14.3. The van der Waals surface area contributed by atoms with E-state index in [1.807, 2.05) is 48.5 Å². The standard InChI is InChI=1S/C18H15N3O3/c22-17(20-14-10-19-21-18(14)23)9-13-11-5-1-3-7-15(11)24-16-8-4-2-6-12(13)16/h1-8,10,13H,9H2,(H,20,22)(H2,19,21,23). The largest absolute Gasteiger partial charge is 0.457 e. The number of aromatic nitrogens is 2. The number of carbonyl (C=O) groups excluding carboxylic acids is 1. The first-order valence-corrected chi connectivity index (χ1v) is 7.64. The van der Waals surface area contributed by atoms with Crippen LogP contribution >= 0.6 is 0 Å². The Bertz CT molecular complexity index is 912. The zero-order chi connectivity index (χ0) is 16.5. The van der Waals surface area contributed by atoms with Gasteiger partial charge in [0.05, 0.1) is 0 Å². The Hall–Kier alpha value is -3.28. The molecule has 24 heavy (non-hydrogen) atoms. The van der Waals surface area contributed by atoms with Crippen LogP contribution in [-0.2, 0) is 4.79 Å². The van der Waals surface area contributed by atoms with Gasteiger partial charge in [-0.05, 0) is 12.1 Å². The number of aromatic amines is 2. The van der Waals surface area contributed by atoms with E-state index in [4.69, 9.17) is 4.74 Å². The highest BCUT2D eigenvalue weighted by Gasteiger charge is 2.28. The van der Waals surface area contributed by atoms with Gasteiger partial charge < -0.3 is 15.2 Å². The van der Waals surface area contributed by atoms with E-state index in [0.717, 1.165) is 22.6 Å². The van der Waals surface area contributed by atoms with Crippen LogP contribution in [0.25, 0.3) is 0 Å². The van der Waals surface area contributed by atoms with Crippen LogP contribution in [0, 0.1) is 0 Å². The second-order valence-electron chi connectivity index (χ2n) is 5.64. The van der Waals surface area contributed by atoms with Gasteiger partial charge in [0.1, 0.15) is 17.2 Å². The van der Waals surface area contributed by atoms with Crippen molar-refractivity contribution in [3.8, 4) is 11.5 Å². The van der Waals surface area contributed by atoms with E-state index in [2.05, 4.69) is 15.5 Å². The molecule has 4 rings (SSSR count). The molecule has 0 radical (unpaired) electrons. The van der Waals surface area contributed by atoms with E-state index in [1.165, 1.54) is 6.20 Å². The number of fused-ring (bicyclic) bond motifs is 2.